The molecule has 1 fully saturated rings. The van der Waals surface area contributed by atoms with Gasteiger partial charge in [0.1, 0.15) is 11.6 Å². The zero-order chi connectivity index (χ0) is 20.1. The van der Waals surface area contributed by atoms with Gasteiger partial charge in [-0.15, -0.1) is 0 Å². The molecule has 6 heteroatoms. The number of carbonyl (C=O) groups excluding carboxylic acids is 2. The lowest BCUT2D eigenvalue weighted by atomic mass is 9.80. The molecule has 1 atom stereocenters. The van der Waals surface area contributed by atoms with Gasteiger partial charge in [-0.05, 0) is 61.7 Å². The number of nitrogens with one attached hydrogen (secondary N) is 1. The van der Waals surface area contributed by atoms with Crippen LogP contribution in [0.1, 0.15) is 35.7 Å². The Morgan fingerprint density at radius 2 is 1.96 bits per heavy atom. The van der Waals surface area contributed by atoms with Gasteiger partial charge in [-0.2, -0.15) is 0 Å². The molecular weight excluding hydrogens is 359 g/mol. The Labute approximate surface area is 164 Å². The number of halogens is 1. The molecular formula is C22H25FN2O3. The Balaban J connectivity index is 1.64. The normalized spacial score (nSPS) is 19.2. The first-order chi connectivity index (χ1) is 13.4. The van der Waals surface area contributed by atoms with E-state index in [0.29, 0.717) is 31.6 Å². The fourth-order valence-corrected chi connectivity index (χ4v) is 3.55. The van der Waals surface area contributed by atoms with E-state index in [4.69, 9.17) is 4.74 Å². The van der Waals surface area contributed by atoms with Crippen LogP contribution < -0.4 is 10.1 Å². The van der Waals surface area contributed by atoms with Gasteiger partial charge in [0, 0.05) is 25.2 Å². The van der Waals surface area contributed by atoms with Crippen molar-refractivity contribution >= 4 is 11.8 Å². The van der Waals surface area contributed by atoms with Crippen LogP contribution in [0.15, 0.2) is 48.5 Å². The van der Waals surface area contributed by atoms with Crippen LogP contribution in [0.2, 0.25) is 0 Å². The summed E-state index contributed by atoms with van der Waals surface area (Å²) in [5.74, 6) is 0.113. The van der Waals surface area contributed by atoms with E-state index in [-0.39, 0.29) is 17.6 Å². The maximum Gasteiger partial charge on any atom is 0.253 e. The quantitative estimate of drug-likeness (QED) is 0.860. The van der Waals surface area contributed by atoms with Crippen molar-refractivity contribution in [2.75, 3.05) is 20.2 Å². The molecule has 2 amide bonds. The Bertz CT molecular complexity index is 853. The summed E-state index contributed by atoms with van der Waals surface area (Å²) in [5, 5.41) is 2.99. The molecule has 0 unspecified atom stereocenters. The highest BCUT2D eigenvalue weighted by Gasteiger charge is 2.39. The molecule has 0 radical (unpaired) electrons. The van der Waals surface area contributed by atoms with E-state index < -0.39 is 5.41 Å². The first-order valence-corrected chi connectivity index (χ1v) is 9.37. The molecule has 1 N–H and O–H groups in total. The largest absolute Gasteiger partial charge is 0.497 e. The van der Waals surface area contributed by atoms with Crippen molar-refractivity contribution in [3.63, 3.8) is 0 Å². The van der Waals surface area contributed by atoms with Gasteiger partial charge in [0.05, 0.1) is 12.5 Å². The van der Waals surface area contributed by atoms with E-state index in [1.165, 1.54) is 24.3 Å². The topological polar surface area (TPSA) is 58.6 Å². The van der Waals surface area contributed by atoms with Crippen LogP contribution in [-0.2, 0) is 11.3 Å². The van der Waals surface area contributed by atoms with Crippen molar-refractivity contribution in [3.05, 3.63) is 65.5 Å². The lowest BCUT2D eigenvalue weighted by Crippen LogP contribution is -2.51. The highest BCUT2D eigenvalue weighted by atomic mass is 19.1. The molecule has 0 aliphatic carbocycles. The van der Waals surface area contributed by atoms with Crippen molar-refractivity contribution in [3.8, 4) is 5.75 Å². The minimum absolute atomic E-state index is 0.0769. The van der Waals surface area contributed by atoms with E-state index in [2.05, 4.69) is 5.32 Å². The van der Waals surface area contributed by atoms with Gasteiger partial charge in [-0.3, -0.25) is 9.59 Å². The Hall–Kier alpha value is -2.89. The second kappa shape index (κ2) is 8.42. The Morgan fingerprint density at radius 3 is 2.68 bits per heavy atom. The molecule has 1 heterocycles. The van der Waals surface area contributed by atoms with Gasteiger partial charge in [-0.1, -0.05) is 12.1 Å². The number of rotatable bonds is 5. The maximum atomic E-state index is 13.1. The fourth-order valence-electron chi connectivity index (χ4n) is 3.55. The molecule has 1 aliphatic rings. The number of methoxy groups -OCH3 is 1. The van der Waals surface area contributed by atoms with E-state index in [9.17, 15) is 14.0 Å². The number of hydrogen-bond donors (Lipinski definition) is 1. The summed E-state index contributed by atoms with van der Waals surface area (Å²) in [6.45, 7) is 3.22. The van der Waals surface area contributed by atoms with E-state index in [0.717, 1.165) is 17.7 Å². The average molecular weight is 384 g/mol. The number of carbonyl (C=O) groups is 2. The molecule has 0 spiro atoms. The third kappa shape index (κ3) is 4.50. The first-order valence-electron chi connectivity index (χ1n) is 9.37. The minimum atomic E-state index is -0.660. The van der Waals surface area contributed by atoms with Crippen molar-refractivity contribution in [2.24, 2.45) is 5.41 Å². The minimum Gasteiger partial charge on any atom is -0.497 e. The highest BCUT2D eigenvalue weighted by Crippen LogP contribution is 2.30. The molecule has 148 valence electrons. The summed E-state index contributed by atoms with van der Waals surface area (Å²) in [6, 6.07) is 13.1. The molecule has 0 bridgehead atoms. The standard InChI is InChI=1S/C22H25FN2O3/c1-22(21(27)24-14-16-5-3-6-19(13-16)28-2)11-4-12-25(15-22)20(26)17-7-9-18(23)10-8-17/h3,5-10,13H,4,11-12,14-15H2,1-2H3,(H,24,27)/t22-/m0/s1. The maximum absolute atomic E-state index is 13.1. The van der Waals surface area contributed by atoms with Crippen LogP contribution in [0.4, 0.5) is 4.39 Å². The van der Waals surface area contributed by atoms with Crippen molar-refractivity contribution in [1.29, 1.82) is 0 Å². The number of nitrogens with zero attached hydrogens (tertiary/aromatic N) is 1. The molecule has 2 aromatic carbocycles. The SMILES string of the molecule is COc1cccc(CNC(=O)[C@@]2(C)CCCN(C(=O)c3ccc(F)cc3)C2)c1. The summed E-state index contributed by atoms with van der Waals surface area (Å²) < 4.78 is 18.3. The molecule has 3 rings (SSSR count). The van der Waals surface area contributed by atoms with E-state index in [1.807, 2.05) is 31.2 Å². The van der Waals surface area contributed by atoms with E-state index in [1.54, 1.807) is 12.0 Å². The van der Waals surface area contributed by atoms with Crippen LogP contribution in [0, 0.1) is 11.2 Å². The Morgan fingerprint density at radius 1 is 1.21 bits per heavy atom. The lowest BCUT2D eigenvalue weighted by Gasteiger charge is -2.39. The molecule has 5 nitrogen and oxygen atoms in total. The van der Waals surface area contributed by atoms with Crippen LogP contribution >= 0.6 is 0 Å². The van der Waals surface area contributed by atoms with E-state index >= 15 is 0 Å². The van der Waals surface area contributed by atoms with Crippen molar-refractivity contribution in [2.45, 2.75) is 26.3 Å². The van der Waals surface area contributed by atoms with Crippen LogP contribution in [0.3, 0.4) is 0 Å². The average Bonchev–Trinajstić information content (AvgIpc) is 2.72. The second-order valence-corrected chi connectivity index (χ2v) is 7.43. The van der Waals surface area contributed by atoms with Gasteiger partial charge in [-0.25, -0.2) is 4.39 Å². The number of benzene rings is 2. The predicted molar refractivity (Wildman–Crippen MR) is 104 cm³/mol. The molecule has 1 saturated heterocycles. The zero-order valence-electron chi connectivity index (χ0n) is 16.2. The third-order valence-corrected chi connectivity index (χ3v) is 5.21. The summed E-state index contributed by atoms with van der Waals surface area (Å²) >= 11 is 0. The third-order valence-electron chi connectivity index (χ3n) is 5.21. The molecule has 2 aromatic rings. The molecule has 28 heavy (non-hydrogen) atoms. The number of piperidine rings is 1. The number of likely N-dealkylation sites (tertiary alicyclic amines) is 1. The highest BCUT2D eigenvalue weighted by molar-refractivity contribution is 5.95. The summed E-state index contributed by atoms with van der Waals surface area (Å²) in [5.41, 5.74) is 0.723. The first kappa shape index (κ1) is 19.9. The lowest BCUT2D eigenvalue weighted by molar-refractivity contribution is -0.132. The van der Waals surface area contributed by atoms with Gasteiger partial charge in [0.2, 0.25) is 5.91 Å². The van der Waals surface area contributed by atoms with Gasteiger partial charge >= 0.3 is 0 Å². The molecule has 1 aliphatic heterocycles. The molecule has 0 saturated carbocycles. The number of ether oxygens (including phenoxy) is 1. The molecule has 0 aromatic heterocycles. The second-order valence-electron chi connectivity index (χ2n) is 7.43. The Kier molecular flexibility index (Phi) is 5.97. The smallest absolute Gasteiger partial charge is 0.253 e. The fraction of sp³-hybridized carbons (Fsp3) is 0.364. The summed E-state index contributed by atoms with van der Waals surface area (Å²) in [4.78, 5) is 27.3. The summed E-state index contributed by atoms with van der Waals surface area (Å²) in [7, 11) is 1.60. The van der Waals surface area contributed by atoms with Crippen LogP contribution in [0.25, 0.3) is 0 Å². The van der Waals surface area contributed by atoms with Gasteiger partial charge in [0.25, 0.3) is 5.91 Å². The van der Waals surface area contributed by atoms with Crippen LogP contribution in [-0.4, -0.2) is 36.9 Å². The van der Waals surface area contributed by atoms with Crippen LogP contribution in [0.5, 0.6) is 5.75 Å². The van der Waals surface area contributed by atoms with Crippen molar-refractivity contribution < 1.29 is 18.7 Å². The monoisotopic (exact) mass is 384 g/mol. The number of amides is 2. The van der Waals surface area contributed by atoms with Gasteiger partial charge in [0.15, 0.2) is 0 Å². The predicted octanol–water partition coefficient (Wildman–Crippen LogP) is 3.39. The van der Waals surface area contributed by atoms with Crippen molar-refractivity contribution in [1.82, 2.24) is 10.2 Å². The number of hydrogen-bond acceptors (Lipinski definition) is 3. The zero-order valence-corrected chi connectivity index (χ0v) is 16.2. The van der Waals surface area contributed by atoms with Gasteiger partial charge < -0.3 is 15.0 Å². The summed E-state index contributed by atoms with van der Waals surface area (Å²) in [6.07, 6.45) is 1.46.